The summed E-state index contributed by atoms with van der Waals surface area (Å²) in [7, 11) is -2.08. The van der Waals surface area contributed by atoms with Crippen LogP contribution in [0.3, 0.4) is 0 Å². The summed E-state index contributed by atoms with van der Waals surface area (Å²) >= 11 is 0. The van der Waals surface area contributed by atoms with E-state index in [1.807, 2.05) is 0 Å². The van der Waals surface area contributed by atoms with Gasteiger partial charge < -0.3 is 5.11 Å². The number of rotatable bonds is 5. The Balaban J connectivity index is 1.73. The number of aliphatic hydroxyl groups excluding tert-OH is 1. The molecule has 5 nitrogen and oxygen atoms in total. The van der Waals surface area contributed by atoms with Crippen LogP contribution in [0.25, 0.3) is 0 Å². The number of hydrogen-bond acceptors (Lipinski definition) is 4. The van der Waals surface area contributed by atoms with Crippen molar-refractivity contribution in [3.63, 3.8) is 0 Å². The summed E-state index contributed by atoms with van der Waals surface area (Å²) in [6.07, 6.45) is -5.36. The van der Waals surface area contributed by atoms with Crippen molar-refractivity contribution in [2.75, 3.05) is 20.1 Å². The van der Waals surface area contributed by atoms with Gasteiger partial charge in [-0.1, -0.05) is 36.4 Å². The summed E-state index contributed by atoms with van der Waals surface area (Å²) in [6, 6.07) is 12.4. The van der Waals surface area contributed by atoms with Crippen molar-refractivity contribution in [1.82, 2.24) is 9.21 Å². The van der Waals surface area contributed by atoms with Gasteiger partial charge in [0.05, 0.1) is 22.6 Å². The van der Waals surface area contributed by atoms with Gasteiger partial charge >= 0.3 is 6.18 Å². The first-order valence-corrected chi connectivity index (χ1v) is 10.1. The Morgan fingerprint density at radius 1 is 1.11 bits per heavy atom. The molecule has 0 radical (unpaired) electrons. The summed E-state index contributed by atoms with van der Waals surface area (Å²) in [5, 5.41) is 10.4. The Morgan fingerprint density at radius 2 is 1.79 bits per heavy atom. The minimum atomic E-state index is -4.43. The number of alkyl halides is 3. The lowest BCUT2D eigenvalue weighted by molar-refractivity contribution is -0.137. The van der Waals surface area contributed by atoms with Crippen LogP contribution in [0.1, 0.15) is 11.1 Å². The Morgan fingerprint density at radius 3 is 2.43 bits per heavy atom. The summed E-state index contributed by atoms with van der Waals surface area (Å²) in [5.74, 6) is 0. The van der Waals surface area contributed by atoms with Gasteiger partial charge in [-0.2, -0.15) is 17.5 Å². The lowest BCUT2D eigenvalue weighted by atomic mass is 10.1. The van der Waals surface area contributed by atoms with Gasteiger partial charge in [0, 0.05) is 19.6 Å². The van der Waals surface area contributed by atoms with Gasteiger partial charge in [0.1, 0.15) is 0 Å². The average Bonchev–Trinajstić information content (AvgIpc) is 3.05. The van der Waals surface area contributed by atoms with Gasteiger partial charge in [-0.3, -0.25) is 4.90 Å². The smallest absolute Gasteiger partial charge is 0.390 e. The Hall–Kier alpha value is -1.94. The fourth-order valence-corrected chi connectivity index (χ4v) is 4.85. The predicted octanol–water partition coefficient (Wildman–Crippen LogP) is 2.57. The summed E-state index contributed by atoms with van der Waals surface area (Å²) < 4.78 is 65.3. The first-order chi connectivity index (χ1) is 13.1. The van der Waals surface area contributed by atoms with E-state index >= 15 is 0 Å². The first kappa shape index (κ1) is 20.8. The molecule has 2 atom stereocenters. The maximum absolute atomic E-state index is 12.9. The van der Waals surface area contributed by atoms with Crippen LogP contribution in [-0.4, -0.2) is 55.0 Å². The highest BCUT2D eigenvalue weighted by Gasteiger charge is 2.40. The van der Waals surface area contributed by atoms with Gasteiger partial charge in [-0.15, -0.1) is 0 Å². The van der Waals surface area contributed by atoms with Crippen LogP contribution in [-0.2, 0) is 22.7 Å². The van der Waals surface area contributed by atoms with Crippen LogP contribution < -0.4 is 0 Å². The number of hydrogen-bond donors (Lipinski definition) is 1. The van der Waals surface area contributed by atoms with Crippen LogP contribution in [0.15, 0.2) is 59.5 Å². The molecule has 28 heavy (non-hydrogen) atoms. The van der Waals surface area contributed by atoms with Crippen molar-refractivity contribution in [3.05, 3.63) is 65.7 Å². The monoisotopic (exact) mass is 414 g/mol. The third-order valence-corrected chi connectivity index (χ3v) is 6.70. The molecule has 1 aliphatic heterocycles. The zero-order valence-electron chi connectivity index (χ0n) is 15.2. The molecule has 152 valence electrons. The van der Waals surface area contributed by atoms with Gasteiger partial charge in [0.2, 0.25) is 10.0 Å². The van der Waals surface area contributed by atoms with Crippen molar-refractivity contribution in [2.24, 2.45) is 0 Å². The van der Waals surface area contributed by atoms with E-state index in [0.717, 1.165) is 12.1 Å². The molecule has 3 rings (SSSR count). The maximum atomic E-state index is 12.9. The highest BCUT2D eigenvalue weighted by molar-refractivity contribution is 7.89. The molecule has 2 aromatic rings. The Bertz CT molecular complexity index is 920. The zero-order valence-corrected chi connectivity index (χ0v) is 16.0. The molecule has 0 spiro atoms. The topological polar surface area (TPSA) is 60.9 Å². The third kappa shape index (κ3) is 4.38. The normalized spacial score (nSPS) is 21.4. The molecule has 0 amide bonds. The second-order valence-electron chi connectivity index (χ2n) is 6.88. The van der Waals surface area contributed by atoms with E-state index in [2.05, 4.69) is 0 Å². The first-order valence-electron chi connectivity index (χ1n) is 8.68. The van der Waals surface area contributed by atoms with Crippen molar-refractivity contribution < 1.29 is 26.7 Å². The van der Waals surface area contributed by atoms with Gasteiger partial charge in [0.15, 0.2) is 0 Å². The lowest BCUT2D eigenvalue weighted by Gasteiger charge is -2.26. The molecule has 0 aliphatic carbocycles. The highest BCUT2D eigenvalue weighted by Crippen LogP contribution is 2.30. The van der Waals surface area contributed by atoms with Crippen LogP contribution in [0.2, 0.25) is 0 Å². The fourth-order valence-electron chi connectivity index (χ4n) is 3.36. The van der Waals surface area contributed by atoms with Crippen LogP contribution in [0.4, 0.5) is 13.2 Å². The number of likely N-dealkylation sites (N-methyl/N-ethyl adjacent to an activating group) is 1. The average molecular weight is 414 g/mol. The van der Waals surface area contributed by atoms with E-state index in [-0.39, 0.29) is 24.5 Å². The van der Waals surface area contributed by atoms with Crippen molar-refractivity contribution in [2.45, 2.75) is 29.8 Å². The number of halogens is 3. The molecular weight excluding hydrogens is 393 g/mol. The SMILES string of the molecule is CN(Cc1cccc(C(F)(F)F)c1)[C@@H]1CN(S(=O)(=O)c2ccccc2)C[C@H]1O. The number of nitrogens with zero attached hydrogens (tertiary/aromatic N) is 2. The van der Waals surface area contributed by atoms with E-state index < -0.39 is 33.9 Å². The Kier molecular flexibility index (Phi) is 5.81. The van der Waals surface area contributed by atoms with Gasteiger partial charge in [-0.05, 0) is 30.8 Å². The quantitative estimate of drug-likeness (QED) is 0.817. The largest absolute Gasteiger partial charge is 0.416 e. The second kappa shape index (κ2) is 7.82. The third-order valence-electron chi connectivity index (χ3n) is 4.86. The number of β-amino-alcohol motifs (C(OH)–C–C–N with tert-alkyl or cyclic N) is 1. The molecule has 0 saturated carbocycles. The number of benzene rings is 2. The highest BCUT2D eigenvalue weighted by atomic mass is 32.2. The summed E-state index contributed by atoms with van der Waals surface area (Å²) in [6.45, 7) is 0.160. The number of aliphatic hydroxyl groups is 1. The molecule has 1 fully saturated rings. The van der Waals surface area contributed by atoms with Crippen molar-refractivity contribution in [1.29, 1.82) is 0 Å². The molecule has 9 heteroatoms. The predicted molar refractivity (Wildman–Crippen MR) is 97.9 cm³/mol. The molecule has 2 aromatic carbocycles. The lowest BCUT2D eigenvalue weighted by Crippen LogP contribution is -2.40. The van der Waals surface area contributed by atoms with Gasteiger partial charge in [-0.25, -0.2) is 8.42 Å². The fraction of sp³-hybridized carbons (Fsp3) is 0.368. The molecule has 0 bridgehead atoms. The van der Waals surface area contributed by atoms with Crippen molar-refractivity contribution in [3.8, 4) is 0 Å². The molecule has 1 aliphatic rings. The van der Waals surface area contributed by atoms with E-state index in [9.17, 15) is 26.7 Å². The zero-order chi connectivity index (χ0) is 20.5. The van der Waals surface area contributed by atoms with E-state index in [1.54, 1.807) is 36.2 Å². The van der Waals surface area contributed by atoms with Crippen molar-refractivity contribution >= 4 is 10.0 Å². The van der Waals surface area contributed by atoms with Gasteiger partial charge in [0.25, 0.3) is 0 Å². The molecule has 0 unspecified atom stereocenters. The van der Waals surface area contributed by atoms with E-state index in [4.69, 9.17) is 0 Å². The maximum Gasteiger partial charge on any atom is 0.416 e. The molecule has 1 N–H and O–H groups in total. The molecule has 1 saturated heterocycles. The minimum Gasteiger partial charge on any atom is -0.390 e. The standard InChI is InChI=1S/C19H21F3N2O3S/c1-23(11-14-6-5-7-15(10-14)19(20,21)22)17-12-24(13-18(17)25)28(26,27)16-8-3-2-4-9-16/h2-10,17-18,25H,11-13H2,1H3/t17-,18-/m1/s1. The minimum absolute atomic E-state index is 0.0607. The van der Waals surface area contributed by atoms with Crippen LogP contribution >= 0.6 is 0 Å². The Labute approximate surface area is 162 Å². The summed E-state index contributed by atoms with van der Waals surface area (Å²) in [4.78, 5) is 1.82. The van der Waals surface area contributed by atoms with Crippen LogP contribution in [0, 0.1) is 0 Å². The number of sulfonamides is 1. The second-order valence-corrected chi connectivity index (χ2v) is 8.82. The molecular formula is C19H21F3N2O3S. The van der Waals surface area contributed by atoms with Crippen LogP contribution in [0.5, 0.6) is 0 Å². The van der Waals surface area contributed by atoms with E-state index in [1.165, 1.54) is 22.5 Å². The molecule has 0 aromatic heterocycles. The summed E-state index contributed by atoms with van der Waals surface area (Å²) in [5.41, 5.74) is -0.299. The van der Waals surface area contributed by atoms with E-state index in [0.29, 0.717) is 5.56 Å². The molecule has 1 heterocycles.